The molecule has 8 heteroatoms. The van der Waals surface area contributed by atoms with Crippen molar-refractivity contribution in [3.8, 4) is 0 Å². The highest BCUT2D eigenvalue weighted by Gasteiger charge is 2.51. The van der Waals surface area contributed by atoms with Crippen molar-refractivity contribution in [1.29, 1.82) is 0 Å². The standard InChI is InChI=1S/C20H21BF4O3/c1-18(2)19(3,4)28-21(27-18)14-8-5-12(6-9-14)17(26)15-11-13(20(23,24)25)7-10-16(15)22/h5-11,17,26H,1-4H3. The van der Waals surface area contributed by atoms with E-state index in [1.165, 1.54) is 12.1 Å². The minimum Gasteiger partial charge on any atom is -0.399 e. The van der Waals surface area contributed by atoms with Crippen molar-refractivity contribution in [2.75, 3.05) is 0 Å². The molecular weight excluding hydrogens is 375 g/mol. The average molecular weight is 396 g/mol. The molecule has 1 unspecified atom stereocenters. The summed E-state index contributed by atoms with van der Waals surface area (Å²) in [5, 5.41) is 10.4. The van der Waals surface area contributed by atoms with Gasteiger partial charge in [0.15, 0.2) is 0 Å². The number of rotatable bonds is 3. The average Bonchev–Trinajstić information content (AvgIpc) is 2.81. The molecule has 1 aliphatic rings. The normalized spacial score (nSPS) is 19.7. The lowest BCUT2D eigenvalue weighted by Gasteiger charge is -2.32. The second-order valence-corrected chi connectivity index (χ2v) is 7.89. The Morgan fingerprint density at radius 3 is 1.96 bits per heavy atom. The molecule has 1 saturated heterocycles. The largest absolute Gasteiger partial charge is 0.494 e. The van der Waals surface area contributed by atoms with E-state index < -0.39 is 47.5 Å². The number of hydrogen-bond donors (Lipinski definition) is 1. The van der Waals surface area contributed by atoms with Gasteiger partial charge in [-0.05, 0) is 56.9 Å². The summed E-state index contributed by atoms with van der Waals surface area (Å²) in [4.78, 5) is 0. The van der Waals surface area contributed by atoms with E-state index in [1.807, 2.05) is 27.7 Å². The zero-order valence-electron chi connectivity index (χ0n) is 16.0. The minimum atomic E-state index is -4.62. The predicted molar refractivity (Wildman–Crippen MR) is 97.6 cm³/mol. The van der Waals surface area contributed by atoms with Crippen molar-refractivity contribution < 1.29 is 32.0 Å². The van der Waals surface area contributed by atoms with Gasteiger partial charge in [0, 0.05) is 5.56 Å². The smallest absolute Gasteiger partial charge is 0.399 e. The summed E-state index contributed by atoms with van der Waals surface area (Å²) < 4.78 is 64.6. The molecule has 2 aromatic carbocycles. The third-order valence-electron chi connectivity index (χ3n) is 5.40. The molecule has 0 aromatic heterocycles. The van der Waals surface area contributed by atoms with E-state index in [0.29, 0.717) is 23.7 Å². The highest BCUT2D eigenvalue weighted by Crippen LogP contribution is 2.37. The van der Waals surface area contributed by atoms with Gasteiger partial charge in [0.2, 0.25) is 0 Å². The Bertz CT molecular complexity index is 847. The van der Waals surface area contributed by atoms with Gasteiger partial charge in [-0.15, -0.1) is 0 Å². The van der Waals surface area contributed by atoms with Crippen LogP contribution in [0.1, 0.15) is 50.5 Å². The zero-order valence-corrected chi connectivity index (χ0v) is 16.0. The third kappa shape index (κ3) is 3.81. The van der Waals surface area contributed by atoms with Crippen molar-refractivity contribution in [1.82, 2.24) is 0 Å². The fourth-order valence-corrected chi connectivity index (χ4v) is 2.92. The zero-order chi connectivity index (χ0) is 20.9. The Kier molecular flexibility index (Phi) is 5.10. The first-order valence-electron chi connectivity index (χ1n) is 8.82. The van der Waals surface area contributed by atoms with Gasteiger partial charge >= 0.3 is 13.3 Å². The van der Waals surface area contributed by atoms with Crippen LogP contribution in [0, 0.1) is 5.82 Å². The van der Waals surface area contributed by atoms with Crippen LogP contribution in [-0.2, 0) is 15.5 Å². The molecule has 0 saturated carbocycles. The summed E-state index contributed by atoms with van der Waals surface area (Å²) in [6.45, 7) is 7.67. The van der Waals surface area contributed by atoms with Gasteiger partial charge in [-0.2, -0.15) is 13.2 Å². The van der Waals surface area contributed by atoms with Crippen molar-refractivity contribution in [2.45, 2.75) is 51.2 Å². The summed E-state index contributed by atoms with van der Waals surface area (Å²) in [6, 6.07) is 8.31. The van der Waals surface area contributed by atoms with Crippen molar-refractivity contribution in [3.05, 3.63) is 65.0 Å². The van der Waals surface area contributed by atoms with Crippen LogP contribution in [0.4, 0.5) is 17.6 Å². The molecule has 1 fully saturated rings. The van der Waals surface area contributed by atoms with Crippen molar-refractivity contribution in [3.63, 3.8) is 0 Å². The van der Waals surface area contributed by atoms with E-state index in [-0.39, 0.29) is 5.56 Å². The number of hydrogen-bond acceptors (Lipinski definition) is 3. The lowest BCUT2D eigenvalue weighted by molar-refractivity contribution is -0.137. The Labute approximate surface area is 161 Å². The van der Waals surface area contributed by atoms with E-state index in [9.17, 15) is 22.7 Å². The maximum atomic E-state index is 14.0. The molecule has 3 nitrogen and oxygen atoms in total. The monoisotopic (exact) mass is 396 g/mol. The molecule has 0 bridgehead atoms. The van der Waals surface area contributed by atoms with Crippen LogP contribution < -0.4 is 5.46 Å². The second-order valence-electron chi connectivity index (χ2n) is 7.89. The van der Waals surface area contributed by atoms with Crippen LogP contribution in [0.15, 0.2) is 42.5 Å². The Morgan fingerprint density at radius 1 is 0.929 bits per heavy atom. The summed E-state index contributed by atoms with van der Waals surface area (Å²) >= 11 is 0. The number of aliphatic hydroxyl groups excluding tert-OH is 1. The molecule has 3 rings (SSSR count). The quantitative estimate of drug-likeness (QED) is 0.624. The highest BCUT2D eigenvalue weighted by atomic mass is 19.4. The maximum Gasteiger partial charge on any atom is 0.494 e. The molecule has 0 amide bonds. The van der Waals surface area contributed by atoms with Crippen LogP contribution in [0.3, 0.4) is 0 Å². The van der Waals surface area contributed by atoms with Crippen molar-refractivity contribution in [2.24, 2.45) is 0 Å². The summed E-state index contributed by atoms with van der Waals surface area (Å²) in [5.74, 6) is -0.907. The molecule has 0 radical (unpaired) electrons. The van der Waals surface area contributed by atoms with Crippen LogP contribution in [-0.4, -0.2) is 23.4 Å². The fraction of sp³-hybridized carbons (Fsp3) is 0.400. The molecule has 28 heavy (non-hydrogen) atoms. The van der Waals surface area contributed by atoms with E-state index in [1.54, 1.807) is 12.1 Å². The van der Waals surface area contributed by atoms with Gasteiger partial charge in [0.1, 0.15) is 11.9 Å². The SMILES string of the molecule is CC1(C)OB(c2ccc(C(O)c3cc(C(F)(F)F)ccc3F)cc2)OC1(C)C. The maximum absolute atomic E-state index is 14.0. The Hall–Kier alpha value is -1.90. The molecule has 1 aliphatic heterocycles. The molecule has 0 aliphatic carbocycles. The first-order chi connectivity index (χ1) is 12.8. The van der Waals surface area contributed by atoms with Crippen LogP contribution in [0.5, 0.6) is 0 Å². The second kappa shape index (κ2) is 6.86. The summed E-state index contributed by atoms with van der Waals surface area (Å²) in [7, 11) is -0.610. The molecule has 0 spiro atoms. The van der Waals surface area contributed by atoms with Crippen LogP contribution in [0.2, 0.25) is 0 Å². The molecule has 150 valence electrons. The molecule has 1 atom stereocenters. The number of benzene rings is 2. The predicted octanol–water partition coefficient (Wildman–Crippen LogP) is 4.23. The number of halogens is 4. The summed E-state index contributed by atoms with van der Waals surface area (Å²) in [5.41, 5.74) is -1.53. The van der Waals surface area contributed by atoms with Gasteiger partial charge in [-0.3, -0.25) is 0 Å². The fourth-order valence-electron chi connectivity index (χ4n) is 2.92. The Balaban J connectivity index is 1.85. The first kappa shape index (κ1) is 20.8. The molecule has 2 aromatic rings. The van der Waals surface area contributed by atoms with E-state index >= 15 is 0 Å². The van der Waals surface area contributed by atoms with Gasteiger partial charge in [0.05, 0.1) is 16.8 Å². The molecule has 1 heterocycles. The van der Waals surface area contributed by atoms with E-state index in [4.69, 9.17) is 9.31 Å². The number of aliphatic hydroxyl groups is 1. The van der Waals surface area contributed by atoms with Crippen molar-refractivity contribution >= 4 is 12.6 Å². The van der Waals surface area contributed by atoms with Crippen LogP contribution >= 0.6 is 0 Å². The highest BCUT2D eigenvalue weighted by molar-refractivity contribution is 6.62. The lowest BCUT2D eigenvalue weighted by atomic mass is 9.78. The summed E-state index contributed by atoms with van der Waals surface area (Å²) in [6.07, 6.45) is -6.15. The minimum absolute atomic E-state index is 0.262. The van der Waals surface area contributed by atoms with Gasteiger partial charge in [-0.1, -0.05) is 24.3 Å². The number of alkyl halides is 3. The Morgan fingerprint density at radius 2 is 1.46 bits per heavy atom. The third-order valence-corrected chi connectivity index (χ3v) is 5.40. The molecular formula is C20H21BF4O3. The van der Waals surface area contributed by atoms with E-state index in [0.717, 1.165) is 0 Å². The van der Waals surface area contributed by atoms with Crippen LogP contribution in [0.25, 0.3) is 0 Å². The topological polar surface area (TPSA) is 38.7 Å². The molecule has 1 N–H and O–H groups in total. The van der Waals surface area contributed by atoms with Gasteiger partial charge < -0.3 is 14.4 Å². The van der Waals surface area contributed by atoms with Gasteiger partial charge in [0.25, 0.3) is 0 Å². The van der Waals surface area contributed by atoms with E-state index in [2.05, 4.69) is 0 Å². The lowest BCUT2D eigenvalue weighted by Crippen LogP contribution is -2.41. The first-order valence-corrected chi connectivity index (χ1v) is 8.82. The van der Waals surface area contributed by atoms with Gasteiger partial charge in [-0.25, -0.2) is 4.39 Å².